The quantitative estimate of drug-likeness (QED) is 0.382. The Balaban J connectivity index is -0.0000000150. The van der Waals surface area contributed by atoms with Crippen molar-refractivity contribution in [2.24, 2.45) is 0 Å². The maximum Gasteiger partial charge on any atom is 0 e. The summed E-state index contributed by atoms with van der Waals surface area (Å²) in [6, 6.07) is 0. The maximum absolute atomic E-state index is 8.33. The van der Waals surface area contributed by atoms with Gasteiger partial charge in [0.25, 0.3) is 0 Å². The monoisotopic (exact) mass is 160 g/mol. The second-order valence-corrected chi connectivity index (χ2v) is 0.250. The minimum absolute atomic E-state index is 0. The molecule has 0 fully saturated rings. The molecular weight excluding hydrogens is 155 g/mol. The number of quaternary nitrogens is 1. The van der Waals surface area contributed by atoms with Crippen molar-refractivity contribution < 1.29 is 40.0 Å². The summed E-state index contributed by atoms with van der Waals surface area (Å²) in [5.41, 5.74) is 0. The molecule has 0 unspecified atom stereocenters. The van der Waals surface area contributed by atoms with Gasteiger partial charge < -0.3 is 26.6 Å². The van der Waals surface area contributed by atoms with E-state index in [0.29, 0.717) is 0 Å². The van der Waals surface area contributed by atoms with Crippen molar-refractivity contribution in [1.82, 2.24) is 6.15 Å². The van der Waals surface area contributed by atoms with Gasteiger partial charge in [0.1, 0.15) is 0 Å². The van der Waals surface area contributed by atoms with Gasteiger partial charge in [0, 0.05) is 19.5 Å². The molecule has 0 bridgehead atoms. The van der Waals surface area contributed by atoms with Crippen molar-refractivity contribution >= 4 is 6.16 Å². The molecule has 0 heterocycles. The normalized spacial score (nSPS) is 3.43. The van der Waals surface area contributed by atoms with E-state index in [1.165, 1.54) is 0 Å². The van der Waals surface area contributed by atoms with Crippen molar-refractivity contribution in [3.63, 3.8) is 0 Å². The van der Waals surface area contributed by atoms with Crippen molar-refractivity contribution in [3.8, 4) is 0 Å². The average Bonchev–Trinajstić information content (AvgIpc) is 0.811. The van der Waals surface area contributed by atoms with Crippen LogP contribution in [-0.4, -0.2) is 11.6 Å². The Morgan fingerprint density at radius 2 is 1.29 bits per heavy atom. The van der Waals surface area contributed by atoms with Gasteiger partial charge in [0.15, 0.2) is 0 Å². The molecule has 0 saturated carbocycles. The zero-order valence-electron chi connectivity index (χ0n) is 3.93. The third-order valence-electron chi connectivity index (χ3n) is 0. The van der Waals surface area contributed by atoms with Crippen LogP contribution in [-0.2, 0) is 19.5 Å². The minimum atomic E-state index is -2.33. The van der Waals surface area contributed by atoms with E-state index in [9.17, 15) is 0 Å². The van der Waals surface area contributed by atoms with Gasteiger partial charge in [0.05, 0.1) is 0 Å². The fraction of sp³-hybridized carbons (Fsp3) is 0. The number of carbonyl (C=O) groups excluding carboxylic acids is 1. The van der Waals surface area contributed by atoms with Crippen LogP contribution >= 0.6 is 0 Å². The van der Waals surface area contributed by atoms with E-state index in [0.717, 1.165) is 0 Å². The zero-order chi connectivity index (χ0) is 3.58. The first kappa shape index (κ1) is 29.1. The largest absolute Gasteiger partial charge is 0.652 e. The van der Waals surface area contributed by atoms with Crippen LogP contribution < -0.4 is 16.4 Å². The molecule has 0 saturated heterocycles. The minimum Gasteiger partial charge on any atom is -0.652 e. The molecule has 42 valence electrons. The van der Waals surface area contributed by atoms with Crippen LogP contribution in [0.2, 0.25) is 0 Å². The van der Waals surface area contributed by atoms with E-state index < -0.39 is 6.16 Å². The molecule has 0 radical (unpaired) electrons. The zero-order valence-corrected chi connectivity index (χ0v) is 6.90. The fourth-order valence-corrected chi connectivity index (χ4v) is 0. The molecule has 6 N–H and O–H groups in total. The van der Waals surface area contributed by atoms with Crippen molar-refractivity contribution in [2.45, 2.75) is 0 Å². The molecule has 0 spiro atoms. The van der Waals surface area contributed by atoms with Crippen molar-refractivity contribution in [2.75, 3.05) is 0 Å². The summed E-state index contributed by atoms with van der Waals surface area (Å²) in [5.74, 6) is 0. The van der Waals surface area contributed by atoms with Crippen LogP contribution in [0, 0.1) is 0 Å². The molecular formula is CH6NO4Zn-. The molecule has 0 atom stereocenters. The van der Waals surface area contributed by atoms with E-state index in [1.807, 2.05) is 0 Å². The van der Waals surface area contributed by atoms with E-state index in [4.69, 9.17) is 15.0 Å². The Bertz CT molecular complexity index is 34.7. The summed E-state index contributed by atoms with van der Waals surface area (Å²) in [6.45, 7) is 0. The number of carboxylic acid groups (broad SMARTS) is 2. The maximum atomic E-state index is 8.33. The van der Waals surface area contributed by atoms with Gasteiger partial charge in [-0.25, -0.2) is 0 Å². The van der Waals surface area contributed by atoms with Gasteiger partial charge in [0.2, 0.25) is 0 Å². The smallest absolute Gasteiger partial charge is 0 e. The van der Waals surface area contributed by atoms with E-state index in [-0.39, 0.29) is 31.1 Å². The molecule has 0 aliphatic carbocycles. The number of hydrogen-bond acceptors (Lipinski definition) is 3. The third-order valence-corrected chi connectivity index (χ3v) is 0. The fourth-order valence-electron chi connectivity index (χ4n) is 0. The molecule has 0 aromatic heterocycles. The summed E-state index contributed by atoms with van der Waals surface area (Å²) < 4.78 is 0. The van der Waals surface area contributed by atoms with Gasteiger partial charge in [-0.1, -0.05) is 0 Å². The first-order valence-corrected chi connectivity index (χ1v) is 0.612. The standard InChI is InChI=1S/CH2O3.H3N.H2O.Zn/c2-1(3)4;;;/h(H2,2,3,4);1H3;1H2;/p-1. The second kappa shape index (κ2) is 17.0. The third kappa shape index (κ3) is 2430. The summed E-state index contributed by atoms with van der Waals surface area (Å²) in [4.78, 5) is 8.33. The Morgan fingerprint density at radius 1 is 1.29 bits per heavy atom. The first-order valence-electron chi connectivity index (χ1n) is 0.612. The molecule has 0 aromatic carbocycles. The predicted octanol–water partition coefficient (Wildman–Crippen LogP) is -2.90. The second-order valence-electron chi connectivity index (χ2n) is 0.250. The van der Waals surface area contributed by atoms with E-state index >= 15 is 0 Å². The van der Waals surface area contributed by atoms with Crippen LogP contribution in [0.5, 0.6) is 0 Å². The van der Waals surface area contributed by atoms with E-state index in [2.05, 4.69) is 0 Å². The van der Waals surface area contributed by atoms with Crippen LogP contribution in [0.1, 0.15) is 0 Å². The number of rotatable bonds is 0. The molecule has 0 aliphatic rings. The molecule has 0 rings (SSSR count). The molecule has 5 nitrogen and oxygen atoms in total. The van der Waals surface area contributed by atoms with Crippen LogP contribution in [0.4, 0.5) is 4.79 Å². The molecule has 6 heteroatoms. The topological polar surface area (TPSA) is 131 Å². The molecule has 7 heavy (non-hydrogen) atoms. The Morgan fingerprint density at radius 3 is 1.29 bits per heavy atom. The molecule has 0 aliphatic heterocycles. The van der Waals surface area contributed by atoms with Crippen molar-refractivity contribution in [3.05, 3.63) is 0 Å². The van der Waals surface area contributed by atoms with Gasteiger partial charge in [-0.2, -0.15) is 0 Å². The molecule has 0 aromatic rings. The average molecular weight is 161 g/mol. The van der Waals surface area contributed by atoms with Crippen molar-refractivity contribution in [1.29, 1.82) is 0 Å². The van der Waals surface area contributed by atoms with Gasteiger partial charge in [-0.15, -0.1) is 0 Å². The number of hydrogen-bond donors (Lipinski definition) is 1. The van der Waals surface area contributed by atoms with Gasteiger partial charge >= 0.3 is 0 Å². The summed E-state index contributed by atoms with van der Waals surface area (Å²) >= 11 is 0. The summed E-state index contributed by atoms with van der Waals surface area (Å²) in [7, 11) is 0. The Kier molecular flexibility index (Phi) is 70.7. The van der Waals surface area contributed by atoms with Crippen LogP contribution in [0.15, 0.2) is 0 Å². The van der Waals surface area contributed by atoms with Crippen LogP contribution in [0.3, 0.4) is 0 Å². The Hall–Kier alpha value is -0.187. The first-order chi connectivity index (χ1) is 1.73. The molecule has 0 amide bonds. The Labute approximate surface area is 53.0 Å². The summed E-state index contributed by atoms with van der Waals surface area (Å²) in [5, 5.41) is 16.7. The van der Waals surface area contributed by atoms with Gasteiger partial charge in [-0.05, 0) is 6.16 Å². The van der Waals surface area contributed by atoms with E-state index in [1.54, 1.807) is 0 Å². The predicted molar refractivity (Wildman–Crippen MR) is 15.0 cm³/mol. The SMILES string of the molecule is O.O=C([O-])[O-].[NH4+].[Zn]. The van der Waals surface area contributed by atoms with Crippen LogP contribution in [0.25, 0.3) is 0 Å². The number of carbonyl (C=O) groups is 1. The van der Waals surface area contributed by atoms with Gasteiger partial charge in [-0.3, -0.25) is 0 Å². The summed E-state index contributed by atoms with van der Waals surface area (Å²) in [6.07, 6.45) is -2.33.